The molecular formula is C13H20N2O2S. The lowest BCUT2D eigenvalue weighted by Gasteiger charge is -2.12. The van der Waals surface area contributed by atoms with Crippen LogP contribution in [-0.4, -0.2) is 29.1 Å². The van der Waals surface area contributed by atoms with Gasteiger partial charge in [-0.3, -0.25) is 4.79 Å². The minimum absolute atomic E-state index is 0.196. The lowest BCUT2D eigenvalue weighted by Crippen LogP contribution is -2.17. The first-order valence-electron chi connectivity index (χ1n) is 6.54. The average molecular weight is 268 g/mol. The molecule has 1 aliphatic rings. The number of aryl methyl sites for hydroxylation is 1. The Balaban J connectivity index is 2.17. The Morgan fingerprint density at radius 2 is 2.11 bits per heavy atom. The van der Waals surface area contributed by atoms with Crippen LogP contribution in [0.25, 0.3) is 0 Å². The van der Waals surface area contributed by atoms with Crippen molar-refractivity contribution in [1.29, 1.82) is 0 Å². The molecule has 4 nitrogen and oxygen atoms in total. The summed E-state index contributed by atoms with van der Waals surface area (Å²) in [5, 5.41) is 9.88. The molecule has 1 fully saturated rings. The zero-order valence-corrected chi connectivity index (χ0v) is 11.8. The van der Waals surface area contributed by atoms with Gasteiger partial charge in [-0.25, -0.2) is 4.98 Å². The summed E-state index contributed by atoms with van der Waals surface area (Å²) in [6, 6.07) is 0. The molecule has 0 atom stereocenters. The van der Waals surface area contributed by atoms with Crippen LogP contribution in [0, 0.1) is 0 Å². The number of rotatable bonds is 5. The Kier molecular flexibility index (Phi) is 4.22. The molecule has 100 valence electrons. The van der Waals surface area contributed by atoms with Crippen LogP contribution in [0.1, 0.15) is 49.6 Å². The van der Waals surface area contributed by atoms with Gasteiger partial charge < -0.3 is 10.0 Å². The summed E-state index contributed by atoms with van der Waals surface area (Å²) in [7, 11) is 0. The van der Waals surface area contributed by atoms with Crippen molar-refractivity contribution >= 4 is 22.4 Å². The van der Waals surface area contributed by atoms with E-state index in [9.17, 15) is 4.79 Å². The molecule has 1 N–H and O–H groups in total. The quantitative estimate of drug-likeness (QED) is 0.892. The highest BCUT2D eigenvalue weighted by Crippen LogP contribution is 2.33. The van der Waals surface area contributed by atoms with E-state index in [0.717, 1.165) is 28.8 Å². The lowest BCUT2D eigenvalue weighted by atomic mass is 10.1. The molecular weight excluding hydrogens is 248 g/mol. The summed E-state index contributed by atoms with van der Waals surface area (Å²) >= 11 is 1.68. The average Bonchev–Trinajstić information content (AvgIpc) is 2.94. The number of aliphatic carboxylic acids is 1. The van der Waals surface area contributed by atoms with Crippen LogP contribution in [-0.2, 0) is 11.2 Å². The zero-order chi connectivity index (χ0) is 13.1. The summed E-state index contributed by atoms with van der Waals surface area (Å²) in [4.78, 5) is 18.9. The molecule has 2 heterocycles. The first kappa shape index (κ1) is 13.3. The number of hydrogen-bond donors (Lipinski definition) is 1. The highest BCUT2D eigenvalue weighted by molar-refractivity contribution is 7.15. The monoisotopic (exact) mass is 268 g/mol. The molecule has 0 unspecified atom stereocenters. The molecule has 5 heteroatoms. The number of carboxylic acids is 1. The summed E-state index contributed by atoms with van der Waals surface area (Å²) < 4.78 is 0. The standard InChI is InChI=1S/C13H20N2O2S/c1-9(2)12-10(5-6-11(16)17)18-13(14-12)15-7-3-4-8-15/h9H,3-8H2,1-2H3,(H,16,17). The van der Waals surface area contributed by atoms with E-state index in [1.807, 2.05) is 0 Å². The third kappa shape index (κ3) is 3.02. The topological polar surface area (TPSA) is 53.4 Å². The summed E-state index contributed by atoms with van der Waals surface area (Å²) in [6.07, 6.45) is 3.28. The molecule has 1 aromatic heterocycles. The van der Waals surface area contributed by atoms with Crippen LogP contribution in [0.5, 0.6) is 0 Å². The molecule has 1 aliphatic heterocycles. The molecule has 0 aliphatic carbocycles. The molecule has 0 radical (unpaired) electrons. The predicted octanol–water partition coefficient (Wildman–Crippen LogP) is 2.88. The molecule has 0 amide bonds. The molecule has 1 aromatic rings. The van der Waals surface area contributed by atoms with Crippen LogP contribution in [0.15, 0.2) is 0 Å². The van der Waals surface area contributed by atoms with E-state index in [2.05, 4.69) is 18.7 Å². The SMILES string of the molecule is CC(C)c1nc(N2CCCC2)sc1CCC(=O)O. The fourth-order valence-electron chi connectivity index (χ4n) is 2.25. The maximum absolute atomic E-state index is 10.7. The Labute approximate surface area is 112 Å². The second kappa shape index (κ2) is 5.69. The van der Waals surface area contributed by atoms with Crippen molar-refractivity contribution in [2.45, 2.75) is 45.4 Å². The molecule has 0 bridgehead atoms. The Hall–Kier alpha value is -1.10. The van der Waals surface area contributed by atoms with E-state index in [1.54, 1.807) is 11.3 Å². The van der Waals surface area contributed by atoms with Gasteiger partial charge in [-0.15, -0.1) is 11.3 Å². The number of nitrogens with zero attached hydrogens (tertiary/aromatic N) is 2. The van der Waals surface area contributed by atoms with Crippen LogP contribution in [0.2, 0.25) is 0 Å². The molecule has 0 spiro atoms. The lowest BCUT2D eigenvalue weighted by molar-refractivity contribution is -0.136. The molecule has 2 rings (SSSR count). The van der Waals surface area contributed by atoms with E-state index >= 15 is 0 Å². The number of anilines is 1. The number of carboxylic acid groups (broad SMARTS) is 1. The number of hydrogen-bond acceptors (Lipinski definition) is 4. The highest BCUT2D eigenvalue weighted by atomic mass is 32.1. The van der Waals surface area contributed by atoms with Crippen LogP contribution >= 0.6 is 11.3 Å². The van der Waals surface area contributed by atoms with E-state index in [1.165, 1.54) is 12.8 Å². The Bertz CT molecular complexity index is 423. The Morgan fingerprint density at radius 3 is 2.67 bits per heavy atom. The summed E-state index contributed by atoms with van der Waals surface area (Å²) in [5.41, 5.74) is 1.09. The smallest absolute Gasteiger partial charge is 0.303 e. The van der Waals surface area contributed by atoms with Gasteiger partial charge in [0.05, 0.1) is 12.1 Å². The Morgan fingerprint density at radius 1 is 1.44 bits per heavy atom. The van der Waals surface area contributed by atoms with Crippen molar-refractivity contribution in [3.63, 3.8) is 0 Å². The van der Waals surface area contributed by atoms with Crippen molar-refractivity contribution < 1.29 is 9.90 Å². The number of aromatic nitrogens is 1. The van der Waals surface area contributed by atoms with Gasteiger partial charge in [0.2, 0.25) is 0 Å². The van der Waals surface area contributed by atoms with Gasteiger partial charge in [-0.1, -0.05) is 13.8 Å². The number of carbonyl (C=O) groups is 1. The van der Waals surface area contributed by atoms with E-state index in [4.69, 9.17) is 10.1 Å². The second-order valence-electron chi connectivity index (χ2n) is 5.05. The molecule has 1 saturated heterocycles. The normalized spacial score (nSPS) is 15.6. The fraction of sp³-hybridized carbons (Fsp3) is 0.692. The fourth-order valence-corrected chi connectivity index (χ4v) is 3.51. The van der Waals surface area contributed by atoms with Gasteiger partial charge in [0.1, 0.15) is 0 Å². The first-order chi connectivity index (χ1) is 8.58. The van der Waals surface area contributed by atoms with Gasteiger partial charge in [-0.05, 0) is 25.2 Å². The van der Waals surface area contributed by atoms with Crippen molar-refractivity contribution in [2.24, 2.45) is 0 Å². The molecule has 18 heavy (non-hydrogen) atoms. The maximum Gasteiger partial charge on any atom is 0.303 e. The van der Waals surface area contributed by atoms with Gasteiger partial charge in [0.15, 0.2) is 5.13 Å². The van der Waals surface area contributed by atoms with Crippen molar-refractivity contribution in [3.05, 3.63) is 10.6 Å². The van der Waals surface area contributed by atoms with Gasteiger partial charge in [0, 0.05) is 18.0 Å². The van der Waals surface area contributed by atoms with E-state index in [0.29, 0.717) is 12.3 Å². The highest BCUT2D eigenvalue weighted by Gasteiger charge is 2.20. The van der Waals surface area contributed by atoms with Crippen molar-refractivity contribution in [1.82, 2.24) is 4.98 Å². The van der Waals surface area contributed by atoms with Gasteiger partial charge >= 0.3 is 5.97 Å². The summed E-state index contributed by atoms with van der Waals surface area (Å²) in [5.74, 6) is -0.373. The van der Waals surface area contributed by atoms with Crippen molar-refractivity contribution in [2.75, 3.05) is 18.0 Å². The molecule has 0 aromatic carbocycles. The van der Waals surface area contributed by atoms with Gasteiger partial charge in [-0.2, -0.15) is 0 Å². The van der Waals surface area contributed by atoms with Crippen molar-refractivity contribution in [3.8, 4) is 0 Å². The predicted molar refractivity (Wildman–Crippen MR) is 73.6 cm³/mol. The van der Waals surface area contributed by atoms with Crippen LogP contribution in [0.3, 0.4) is 0 Å². The molecule has 0 saturated carbocycles. The first-order valence-corrected chi connectivity index (χ1v) is 7.36. The third-order valence-corrected chi connectivity index (χ3v) is 4.40. The van der Waals surface area contributed by atoms with E-state index < -0.39 is 5.97 Å². The largest absolute Gasteiger partial charge is 0.481 e. The summed E-state index contributed by atoms with van der Waals surface area (Å²) in [6.45, 7) is 6.41. The van der Waals surface area contributed by atoms with Crippen LogP contribution < -0.4 is 4.90 Å². The maximum atomic E-state index is 10.7. The second-order valence-corrected chi connectivity index (χ2v) is 6.11. The van der Waals surface area contributed by atoms with Gasteiger partial charge in [0.25, 0.3) is 0 Å². The minimum atomic E-state index is -0.735. The van der Waals surface area contributed by atoms with E-state index in [-0.39, 0.29) is 6.42 Å². The van der Waals surface area contributed by atoms with Crippen LogP contribution in [0.4, 0.5) is 5.13 Å². The third-order valence-electron chi connectivity index (χ3n) is 3.21. The minimum Gasteiger partial charge on any atom is -0.481 e. The zero-order valence-electron chi connectivity index (χ0n) is 11.0. The number of thiazole rings is 1.